The van der Waals surface area contributed by atoms with E-state index in [-0.39, 0.29) is 37.0 Å². The Morgan fingerprint density at radius 3 is 1.90 bits per heavy atom. The van der Waals surface area contributed by atoms with Crippen LogP contribution >= 0.6 is 0 Å². The first-order chi connectivity index (χ1) is 9.94. The summed E-state index contributed by atoms with van der Waals surface area (Å²) in [6.45, 7) is 10.2. The summed E-state index contributed by atoms with van der Waals surface area (Å²) < 4.78 is 10.8. The van der Waals surface area contributed by atoms with Crippen molar-refractivity contribution in [1.82, 2.24) is 0 Å². The van der Waals surface area contributed by atoms with Crippen LogP contribution in [0.3, 0.4) is 0 Å². The maximum Gasteiger partial charge on any atom is 0.306 e. The minimum absolute atomic E-state index is 0.0138. The first-order valence-electron chi connectivity index (χ1n) is 8.33. The maximum atomic E-state index is 11.7. The zero-order valence-electron chi connectivity index (χ0n) is 14.3. The third-order valence-electron chi connectivity index (χ3n) is 3.55. The van der Waals surface area contributed by atoms with E-state index in [2.05, 4.69) is 6.92 Å². The van der Waals surface area contributed by atoms with E-state index in [1.54, 1.807) is 0 Å². The van der Waals surface area contributed by atoms with Gasteiger partial charge in [0.05, 0.1) is 0 Å². The van der Waals surface area contributed by atoms with Crippen molar-refractivity contribution in [2.75, 3.05) is 0 Å². The van der Waals surface area contributed by atoms with Crippen molar-refractivity contribution >= 4 is 11.9 Å². The molecule has 0 aliphatic carbocycles. The summed E-state index contributed by atoms with van der Waals surface area (Å²) >= 11 is 0. The molecule has 4 heteroatoms. The Kier molecular flexibility index (Phi) is 11.0. The molecule has 0 saturated carbocycles. The van der Waals surface area contributed by atoms with E-state index in [1.807, 2.05) is 27.7 Å². The second-order valence-electron chi connectivity index (χ2n) is 5.84. The molecule has 0 aliphatic heterocycles. The molecular weight excluding hydrogens is 268 g/mol. The van der Waals surface area contributed by atoms with Gasteiger partial charge in [-0.15, -0.1) is 0 Å². The molecule has 0 heterocycles. The molecule has 4 nitrogen and oxygen atoms in total. The van der Waals surface area contributed by atoms with Crippen LogP contribution in [0.25, 0.3) is 0 Å². The maximum absolute atomic E-state index is 11.7. The van der Waals surface area contributed by atoms with E-state index in [0.29, 0.717) is 12.3 Å². The fraction of sp³-hybridized carbons (Fsp3) is 0.882. The lowest BCUT2D eigenvalue weighted by Crippen LogP contribution is -2.23. The molecule has 2 unspecified atom stereocenters. The highest BCUT2D eigenvalue weighted by Crippen LogP contribution is 2.13. The van der Waals surface area contributed by atoms with Crippen LogP contribution in [0, 0.1) is 5.92 Å². The number of hydrogen-bond acceptors (Lipinski definition) is 4. The van der Waals surface area contributed by atoms with Gasteiger partial charge in [0.15, 0.2) is 0 Å². The van der Waals surface area contributed by atoms with E-state index in [1.165, 1.54) is 0 Å². The van der Waals surface area contributed by atoms with E-state index in [0.717, 1.165) is 25.7 Å². The van der Waals surface area contributed by atoms with E-state index < -0.39 is 0 Å². The van der Waals surface area contributed by atoms with Gasteiger partial charge in [-0.3, -0.25) is 9.59 Å². The minimum atomic E-state index is -0.219. The van der Waals surface area contributed by atoms with Crippen molar-refractivity contribution in [3.8, 4) is 0 Å². The highest BCUT2D eigenvalue weighted by Gasteiger charge is 2.17. The summed E-state index contributed by atoms with van der Waals surface area (Å²) in [7, 11) is 0. The monoisotopic (exact) mass is 300 g/mol. The molecule has 0 aromatic rings. The van der Waals surface area contributed by atoms with Crippen molar-refractivity contribution in [2.24, 2.45) is 5.92 Å². The van der Waals surface area contributed by atoms with Gasteiger partial charge in [-0.1, -0.05) is 41.0 Å². The van der Waals surface area contributed by atoms with Crippen molar-refractivity contribution in [3.63, 3.8) is 0 Å². The van der Waals surface area contributed by atoms with Crippen LogP contribution in [-0.4, -0.2) is 24.1 Å². The average molecular weight is 300 g/mol. The summed E-state index contributed by atoms with van der Waals surface area (Å²) in [5, 5.41) is 0. The van der Waals surface area contributed by atoms with Gasteiger partial charge in [0.1, 0.15) is 12.2 Å². The summed E-state index contributed by atoms with van der Waals surface area (Å²) in [6.07, 6.45) is 4.61. The molecule has 2 atom stereocenters. The van der Waals surface area contributed by atoms with Gasteiger partial charge in [-0.2, -0.15) is 0 Å². The van der Waals surface area contributed by atoms with Crippen LogP contribution in [0.5, 0.6) is 0 Å². The van der Waals surface area contributed by atoms with E-state index in [4.69, 9.17) is 9.47 Å². The summed E-state index contributed by atoms with van der Waals surface area (Å²) in [6, 6.07) is 0. The van der Waals surface area contributed by atoms with Gasteiger partial charge in [-0.05, 0) is 31.6 Å². The predicted molar refractivity (Wildman–Crippen MR) is 83.9 cm³/mol. The molecule has 0 rings (SSSR count). The largest absolute Gasteiger partial charge is 0.462 e. The Labute approximate surface area is 129 Å². The number of carbonyl (C=O) groups is 2. The third-order valence-corrected chi connectivity index (χ3v) is 3.55. The van der Waals surface area contributed by atoms with Gasteiger partial charge < -0.3 is 9.47 Å². The molecule has 0 aromatic heterocycles. The molecule has 0 saturated heterocycles. The highest BCUT2D eigenvalue weighted by molar-refractivity contribution is 5.72. The molecule has 0 radical (unpaired) electrons. The Bertz CT molecular complexity index is 299. The van der Waals surface area contributed by atoms with Gasteiger partial charge in [0.2, 0.25) is 0 Å². The second kappa shape index (κ2) is 11.6. The fourth-order valence-corrected chi connectivity index (χ4v) is 2.21. The van der Waals surface area contributed by atoms with Crippen molar-refractivity contribution in [2.45, 2.75) is 91.8 Å². The first-order valence-corrected chi connectivity index (χ1v) is 8.33. The number of rotatable bonds is 11. The number of hydrogen-bond donors (Lipinski definition) is 0. The topological polar surface area (TPSA) is 52.6 Å². The SMILES string of the molecule is CCCC(CC)OC(=O)CCCC(=O)OC(CC)C(C)C. The van der Waals surface area contributed by atoms with E-state index in [9.17, 15) is 9.59 Å². The summed E-state index contributed by atoms with van der Waals surface area (Å²) in [5.74, 6) is -0.105. The molecule has 0 bridgehead atoms. The Balaban J connectivity index is 3.92. The normalized spacial score (nSPS) is 13.8. The quantitative estimate of drug-likeness (QED) is 0.535. The lowest BCUT2D eigenvalue weighted by Gasteiger charge is -2.19. The third kappa shape index (κ3) is 9.48. The molecule has 0 aliphatic rings. The Morgan fingerprint density at radius 2 is 1.48 bits per heavy atom. The van der Waals surface area contributed by atoms with Crippen LogP contribution in [0.15, 0.2) is 0 Å². The summed E-state index contributed by atoms with van der Waals surface area (Å²) in [5.41, 5.74) is 0. The van der Waals surface area contributed by atoms with Crippen LogP contribution < -0.4 is 0 Å². The summed E-state index contributed by atoms with van der Waals surface area (Å²) in [4.78, 5) is 23.4. The fourth-order valence-electron chi connectivity index (χ4n) is 2.21. The predicted octanol–water partition coefficient (Wildman–Crippen LogP) is 4.26. The van der Waals surface area contributed by atoms with Crippen molar-refractivity contribution in [1.29, 1.82) is 0 Å². The Hall–Kier alpha value is -1.06. The molecule has 0 aromatic carbocycles. The zero-order valence-corrected chi connectivity index (χ0v) is 14.3. The molecule has 124 valence electrons. The zero-order chi connectivity index (χ0) is 16.3. The molecule has 0 fully saturated rings. The van der Waals surface area contributed by atoms with Gasteiger partial charge in [-0.25, -0.2) is 0 Å². The Morgan fingerprint density at radius 1 is 0.905 bits per heavy atom. The van der Waals surface area contributed by atoms with Gasteiger partial charge >= 0.3 is 11.9 Å². The molecular formula is C17H32O4. The van der Waals surface area contributed by atoms with Gasteiger partial charge in [0.25, 0.3) is 0 Å². The lowest BCUT2D eigenvalue weighted by molar-refractivity contribution is -0.152. The minimum Gasteiger partial charge on any atom is -0.462 e. The first kappa shape index (κ1) is 19.9. The molecule has 0 spiro atoms. The average Bonchev–Trinajstić information content (AvgIpc) is 2.43. The van der Waals surface area contributed by atoms with Crippen LogP contribution in [0.1, 0.15) is 79.6 Å². The molecule has 21 heavy (non-hydrogen) atoms. The van der Waals surface area contributed by atoms with Crippen LogP contribution in [-0.2, 0) is 19.1 Å². The number of ether oxygens (including phenoxy) is 2. The smallest absolute Gasteiger partial charge is 0.306 e. The number of carbonyl (C=O) groups excluding carboxylic acids is 2. The van der Waals surface area contributed by atoms with E-state index >= 15 is 0 Å². The van der Waals surface area contributed by atoms with Crippen LogP contribution in [0.2, 0.25) is 0 Å². The van der Waals surface area contributed by atoms with Crippen molar-refractivity contribution in [3.05, 3.63) is 0 Å². The van der Waals surface area contributed by atoms with Crippen LogP contribution in [0.4, 0.5) is 0 Å². The number of esters is 2. The molecule has 0 amide bonds. The molecule has 0 N–H and O–H groups in total. The van der Waals surface area contributed by atoms with Gasteiger partial charge in [0, 0.05) is 12.8 Å². The lowest BCUT2D eigenvalue weighted by atomic mass is 10.1. The standard InChI is InChI=1S/C17H32O4/c1-6-10-14(7-2)20-16(18)11-9-12-17(19)21-15(8-3)13(4)5/h13-15H,6-12H2,1-5H3. The van der Waals surface area contributed by atoms with Crippen molar-refractivity contribution < 1.29 is 19.1 Å². The second-order valence-corrected chi connectivity index (χ2v) is 5.84. The highest BCUT2D eigenvalue weighted by atomic mass is 16.5.